The van der Waals surface area contributed by atoms with Gasteiger partial charge in [0.15, 0.2) is 0 Å². The van der Waals surface area contributed by atoms with Crippen LogP contribution >= 0.6 is 11.3 Å². The second-order valence-electron chi connectivity index (χ2n) is 15.3. The van der Waals surface area contributed by atoms with Crippen molar-refractivity contribution in [1.82, 2.24) is 4.98 Å². The SMILES string of the molecule is CCCCc1ccc2sc3c(c2c1)N(c1ccc2c(c1)C(C)(C)CCC2(C)C)c1ccnc2c1B3c1ccccc1C2(C)C. The number of nitrogens with zero attached hydrogens (tertiary/aromatic N) is 2. The first-order valence-corrected chi connectivity index (χ1v) is 17.4. The van der Waals surface area contributed by atoms with Crippen LogP contribution in [-0.2, 0) is 22.7 Å². The number of hydrogen-bond donors (Lipinski definition) is 0. The Labute approximate surface area is 267 Å². The van der Waals surface area contributed by atoms with Crippen molar-refractivity contribution in [3.05, 3.63) is 101 Å². The fourth-order valence-electron chi connectivity index (χ4n) is 8.53. The number of pyridine rings is 1. The van der Waals surface area contributed by atoms with E-state index in [0.29, 0.717) is 0 Å². The molecular weight excluding hydrogens is 551 g/mol. The van der Waals surface area contributed by atoms with Crippen LogP contribution in [0.25, 0.3) is 10.1 Å². The topological polar surface area (TPSA) is 16.1 Å². The average molecular weight is 595 g/mol. The second kappa shape index (κ2) is 9.57. The second-order valence-corrected chi connectivity index (χ2v) is 16.4. The Bertz CT molecular complexity index is 1960. The first kappa shape index (κ1) is 28.1. The molecule has 5 aromatic rings. The van der Waals surface area contributed by atoms with Gasteiger partial charge in [-0.15, -0.1) is 11.3 Å². The number of aryl methyl sites for hydroxylation is 1. The van der Waals surface area contributed by atoms with Gasteiger partial charge < -0.3 is 4.90 Å². The Morgan fingerprint density at radius 1 is 0.841 bits per heavy atom. The Balaban J connectivity index is 1.45. The van der Waals surface area contributed by atoms with Gasteiger partial charge >= 0.3 is 0 Å². The summed E-state index contributed by atoms with van der Waals surface area (Å²) in [6, 6.07) is 26.1. The van der Waals surface area contributed by atoms with Gasteiger partial charge in [-0.2, -0.15) is 0 Å². The Hall–Kier alpha value is -3.37. The third kappa shape index (κ3) is 3.89. The highest BCUT2D eigenvalue weighted by atomic mass is 32.1. The summed E-state index contributed by atoms with van der Waals surface area (Å²) < 4.78 is 2.83. The number of aromatic nitrogens is 1. The number of rotatable bonds is 4. The maximum absolute atomic E-state index is 5.16. The highest BCUT2D eigenvalue weighted by Crippen LogP contribution is 2.50. The van der Waals surface area contributed by atoms with E-state index >= 15 is 0 Å². The molecule has 2 aromatic heterocycles. The number of benzene rings is 3. The molecule has 2 aliphatic heterocycles. The molecule has 1 aliphatic carbocycles. The molecule has 0 saturated carbocycles. The van der Waals surface area contributed by atoms with E-state index in [-0.39, 0.29) is 23.0 Å². The van der Waals surface area contributed by atoms with Gasteiger partial charge in [0.25, 0.3) is 6.71 Å². The average Bonchev–Trinajstić information content (AvgIpc) is 3.38. The van der Waals surface area contributed by atoms with Crippen LogP contribution in [0.5, 0.6) is 0 Å². The van der Waals surface area contributed by atoms with Gasteiger partial charge in [-0.1, -0.05) is 96.7 Å². The summed E-state index contributed by atoms with van der Waals surface area (Å²) >= 11 is 1.99. The van der Waals surface area contributed by atoms with E-state index in [0.717, 1.165) is 6.42 Å². The van der Waals surface area contributed by atoms with E-state index in [9.17, 15) is 0 Å². The molecule has 4 heterocycles. The molecule has 4 heteroatoms. The van der Waals surface area contributed by atoms with Crippen molar-refractivity contribution in [2.75, 3.05) is 4.90 Å². The molecule has 44 heavy (non-hydrogen) atoms. The van der Waals surface area contributed by atoms with E-state index in [2.05, 4.69) is 126 Å². The third-order valence-corrected chi connectivity index (χ3v) is 12.4. The first-order valence-electron chi connectivity index (χ1n) is 16.6. The fraction of sp³-hybridized carbons (Fsp3) is 0.375. The molecule has 0 atom stereocenters. The minimum absolute atomic E-state index is 0.144. The molecule has 0 N–H and O–H groups in total. The fourth-order valence-corrected chi connectivity index (χ4v) is 9.83. The number of thiophene rings is 1. The van der Waals surface area contributed by atoms with Gasteiger partial charge in [-0.25, -0.2) is 0 Å². The lowest BCUT2D eigenvalue weighted by Gasteiger charge is -2.45. The Kier molecular flexibility index (Phi) is 6.12. The maximum atomic E-state index is 5.16. The largest absolute Gasteiger partial charge is 0.310 e. The van der Waals surface area contributed by atoms with Crippen LogP contribution in [0, 0.1) is 0 Å². The summed E-state index contributed by atoms with van der Waals surface area (Å²) in [5.74, 6) is 0. The first-order chi connectivity index (χ1) is 21.0. The molecule has 222 valence electrons. The Morgan fingerprint density at radius 3 is 2.41 bits per heavy atom. The summed E-state index contributed by atoms with van der Waals surface area (Å²) in [7, 11) is 0. The summed E-state index contributed by atoms with van der Waals surface area (Å²) in [5.41, 5.74) is 14.0. The molecule has 2 nitrogen and oxygen atoms in total. The van der Waals surface area contributed by atoms with E-state index in [1.54, 1.807) is 0 Å². The molecule has 0 amide bonds. The predicted molar refractivity (Wildman–Crippen MR) is 191 cm³/mol. The molecule has 8 rings (SSSR count). The molecular formula is C40H43BN2S. The van der Waals surface area contributed by atoms with Crippen LogP contribution in [0.15, 0.2) is 72.9 Å². The van der Waals surface area contributed by atoms with Crippen molar-refractivity contribution in [3.63, 3.8) is 0 Å². The minimum atomic E-state index is -0.173. The zero-order valence-corrected chi connectivity index (χ0v) is 28.2. The lowest BCUT2D eigenvalue weighted by atomic mass is 9.33. The molecule has 3 aliphatic rings. The predicted octanol–water partition coefficient (Wildman–Crippen LogP) is 8.93. The van der Waals surface area contributed by atoms with Crippen molar-refractivity contribution in [2.24, 2.45) is 0 Å². The number of anilines is 3. The van der Waals surface area contributed by atoms with Crippen LogP contribution in [0.1, 0.15) is 102 Å². The molecule has 0 spiro atoms. The third-order valence-electron chi connectivity index (χ3n) is 11.2. The van der Waals surface area contributed by atoms with Crippen LogP contribution in [0.3, 0.4) is 0 Å². The van der Waals surface area contributed by atoms with Crippen molar-refractivity contribution >= 4 is 60.9 Å². The standard InChI is InChI=1S/C40H43BN2S/c1-8-9-12-25-15-18-33-27(23-25)35-37(44-33)41-31-14-11-10-13-29(31)40(6,7)36-34(41)32(19-22-42-36)43(35)26-16-17-28-30(24-26)39(4,5)21-20-38(28,2)3/h10-11,13-19,22-24H,8-9,12,20-21H2,1-7H3. The molecule has 0 unspecified atom stereocenters. The molecule has 0 radical (unpaired) electrons. The van der Waals surface area contributed by atoms with E-state index in [1.807, 2.05) is 11.3 Å². The van der Waals surface area contributed by atoms with Crippen molar-refractivity contribution in [1.29, 1.82) is 0 Å². The van der Waals surface area contributed by atoms with Crippen molar-refractivity contribution < 1.29 is 0 Å². The van der Waals surface area contributed by atoms with Crippen LogP contribution in [0.2, 0.25) is 0 Å². The molecule has 0 fully saturated rings. The van der Waals surface area contributed by atoms with E-state index in [1.165, 1.54) is 96.5 Å². The smallest absolute Gasteiger partial charge is 0.262 e. The van der Waals surface area contributed by atoms with Gasteiger partial charge in [0.2, 0.25) is 0 Å². The van der Waals surface area contributed by atoms with Crippen LogP contribution < -0.4 is 20.6 Å². The number of unbranched alkanes of at least 4 members (excludes halogenated alkanes) is 1. The zero-order chi connectivity index (χ0) is 30.6. The van der Waals surface area contributed by atoms with E-state index < -0.39 is 0 Å². The quantitative estimate of drug-likeness (QED) is 0.190. The minimum Gasteiger partial charge on any atom is -0.310 e. The van der Waals surface area contributed by atoms with Crippen molar-refractivity contribution in [3.8, 4) is 0 Å². The van der Waals surface area contributed by atoms with Crippen LogP contribution in [0.4, 0.5) is 17.1 Å². The van der Waals surface area contributed by atoms with Crippen molar-refractivity contribution in [2.45, 2.75) is 96.8 Å². The van der Waals surface area contributed by atoms with Gasteiger partial charge in [0.05, 0.1) is 5.69 Å². The highest BCUT2D eigenvalue weighted by molar-refractivity contribution is 7.33. The highest BCUT2D eigenvalue weighted by Gasteiger charge is 2.48. The monoisotopic (exact) mass is 594 g/mol. The number of fused-ring (bicyclic) bond motifs is 7. The lowest BCUT2D eigenvalue weighted by Crippen LogP contribution is -2.63. The molecule has 3 aromatic carbocycles. The summed E-state index contributed by atoms with van der Waals surface area (Å²) in [6.45, 7) is 16.9. The van der Waals surface area contributed by atoms with Gasteiger partial charge in [-0.05, 0) is 94.6 Å². The molecule has 0 bridgehead atoms. The van der Waals surface area contributed by atoms with Gasteiger partial charge in [0, 0.05) is 43.5 Å². The lowest BCUT2D eigenvalue weighted by molar-refractivity contribution is 0.332. The number of hydrogen-bond acceptors (Lipinski definition) is 3. The maximum Gasteiger partial charge on any atom is 0.262 e. The van der Waals surface area contributed by atoms with Crippen LogP contribution in [-0.4, -0.2) is 11.7 Å². The Morgan fingerprint density at radius 2 is 1.61 bits per heavy atom. The zero-order valence-electron chi connectivity index (χ0n) is 27.3. The van der Waals surface area contributed by atoms with E-state index in [4.69, 9.17) is 4.98 Å². The summed E-state index contributed by atoms with van der Waals surface area (Å²) in [5, 5.41) is 1.39. The summed E-state index contributed by atoms with van der Waals surface area (Å²) in [4.78, 5) is 7.78. The van der Waals surface area contributed by atoms with Gasteiger partial charge in [0.1, 0.15) is 0 Å². The van der Waals surface area contributed by atoms with Gasteiger partial charge in [-0.3, -0.25) is 4.98 Å². The summed E-state index contributed by atoms with van der Waals surface area (Å²) in [6.07, 6.45) is 8.06. The normalized spacial score (nSPS) is 18.4. The molecule has 0 saturated heterocycles.